The van der Waals surface area contributed by atoms with Crippen LogP contribution >= 0.6 is 0 Å². The topological polar surface area (TPSA) is 92.2 Å². The number of fused-ring (bicyclic) bond motifs is 3. The van der Waals surface area contributed by atoms with Crippen molar-refractivity contribution < 1.29 is 9.84 Å². The van der Waals surface area contributed by atoms with Gasteiger partial charge in [-0.25, -0.2) is 4.98 Å². The monoisotopic (exact) mass is 259 g/mol. The van der Waals surface area contributed by atoms with Crippen LogP contribution in [0.2, 0.25) is 0 Å². The van der Waals surface area contributed by atoms with Crippen LogP contribution in [-0.2, 0) is 0 Å². The standard InChI is InChI=1S/C14H17N3O2/c15-8-10-9-17-12(16)7-11(10)19-14-4-1-13(18,2-5-14)3-6-14/h7,9,18H,1-6H2,(H2,16,17). The van der Waals surface area contributed by atoms with Crippen molar-refractivity contribution in [3.05, 3.63) is 17.8 Å². The Hall–Kier alpha value is -1.80. The van der Waals surface area contributed by atoms with Crippen molar-refractivity contribution in [3.63, 3.8) is 0 Å². The summed E-state index contributed by atoms with van der Waals surface area (Å²) in [4.78, 5) is 3.91. The Kier molecular flexibility index (Phi) is 2.64. The zero-order valence-electron chi connectivity index (χ0n) is 10.7. The molecule has 5 nitrogen and oxygen atoms in total. The largest absolute Gasteiger partial charge is 0.486 e. The minimum Gasteiger partial charge on any atom is -0.486 e. The molecule has 3 saturated carbocycles. The molecule has 2 bridgehead atoms. The summed E-state index contributed by atoms with van der Waals surface area (Å²) < 4.78 is 6.12. The van der Waals surface area contributed by atoms with Gasteiger partial charge in [0.1, 0.15) is 28.8 Å². The van der Waals surface area contributed by atoms with Gasteiger partial charge < -0.3 is 15.6 Å². The summed E-state index contributed by atoms with van der Waals surface area (Å²) in [5.74, 6) is 0.871. The predicted octanol–water partition coefficient (Wildman–Crippen LogP) is 1.75. The zero-order valence-corrected chi connectivity index (χ0v) is 10.7. The lowest BCUT2D eigenvalue weighted by Gasteiger charge is -2.50. The van der Waals surface area contributed by atoms with Crippen molar-refractivity contribution >= 4 is 5.82 Å². The molecule has 3 aliphatic rings. The van der Waals surface area contributed by atoms with Crippen molar-refractivity contribution in [2.45, 2.75) is 49.7 Å². The fourth-order valence-corrected chi connectivity index (χ4v) is 3.14. The van der Waals surface area contributed by atoms with Crippen molar-refractivity contribution in [1.29, 1.82) is 5.26 Å². The Labute approximate surface area is 112 Å². The number of anilines is 1. The van der Waals surface area contributed by atoms with Gasteiger partial charge in [0.25, 0.3) is 0 Å². The Morgan fingerprint density at radius 3 is 2.47 bits per heavy atom. The highest BCUT2D eigenvalue weighted by Crippen LogP contribution is 2.49. The molecule has 1 aromatic rings. The maximum Gasteiger partial charge on any atom is 0.143 e. The maximum atomic E-state index is 10.2. The molecule has 100 valence electrons. The van der Waals surface area contributed by atoms with E-state index in [1.807, 2.05) is 0 Å². The van der Waals surface area contributed by atoms with Gasteiger partial charge in [-0.1, -0.05) is 0 Å². The maximum absolute atomic E-state index is 10.2. The van der Waals surface area contributed by atoms with Crippen LogP contribution in [0.3, 0.4) is 0 Å². The normalized spacial score (nSPS) is 32.8. The number of nitrogens with zero attached hydrogens (tertiary/aromatic N) is 2. The molecule has 0 unspecified atom stereocenters. The van der Waals surface area contributed by atoms with E-state index in [1.54, 1.807) is 6.07 Å². The number of pyridine rings is 1. The fourth-order valence-electron chi connectivity index (χ4n) is 3.14. The molecule has 0 aliphatic heterocycles. The SMILES string of the molecule is N#Cc1cnc(N)cc1OC12CCC(O)(CC1)CC2. The molecule has 0 radical (unpaired) electrons. The van der Waals surface area contributed by atoms with Crippen LogP contribution in [0.4, 0.5) is 5.82 Å². The molecule has 4 rings (SSSR count). The summed E-state index contributed by atoms with van der Waals surface area (Å²) in [7, 11) is 0. The van der Waals surface area contributed by atoms with Gasteiger partial charge in [0.2, 0.25) is 0 Å². The molecule has 3 fully saturated rings. The summed E-state index contributed by atoms with van der Waals surface area (Å²) in [6.07, 6.45) is 6.26. The van der Waals surface area contributed by atoms with Gasteiger partial charge in [-0.3, -0.25) is 0 Å². The third kappa shape index (κ3) is 2.13. The summed E-state index contributed by atoms with van der Waals surface area (Å²) in [5.41, 5.74) is 5.34. The third-order valence-electron chi connectivity index (χ3n) is 4.47. The van der Waals surface area contributed by atoms with Crippen molar-refractivity contribution in [1.82, 2.24) is 4.98 Å². The number of hydrogen-bond donors (Lipinski definition) is 2. The molecule has 0 saturated heterocycles. The van der Waals surface area contributed by atoms with Crippen LogP contribution in [0.5, 0.6) is 5.75 Å². The van der Waals surface area contributed by atoms with E-state index in [2.05, 4.69) is 11.1 Å². The summed E-state index contributed by atoms with van der Waals surface area (Å²) in [6, 6.07) is 3.70. The van der Waals surface area contributed by atoms with Crippen molar-refractivity contribution in [3.8, 4) is 11.8 Å². The van der Waals surface area contributed by atoms with Gasteiger partial charge in [-0.15, -0.1) is 0 Å². The first-order chi connectivity index (χ1) is 9.04. The smallest absolute Gasteiger partial charge is 0.143 e. The molecule has 5 heteroatoms. The van der Waals surface area contributed by atoms with E-state index in [0.29, 0.717) is 17.1 Å². The number of nitrogens with two attached hydrogens (primary N) is 1. The number of aliphatic hydroxyl groups is 1. The zero-order chi connectivity index (χ0) is 13.5. The minimum absolute atomic E-state index is 0.246. The molecule has 19 heavy (non-hydrogen) atoms. The first-order valence-corrected chi connectivity index (χ1v) is 6.61. The van der Waals surface area contributed by atoms with E-state index in [1.165, 1.54) is 6.20 Å². The molecule has 0 aromatic carbocycles. The second-order valence-electron chi connectivity index (χ2n) is 5.73. The summed E-state index contributed by atoms with van der Waals surface area (Å²) in [6.45, 7) is 0. The molecule has 0 spiro atoms. The van der Waals surface area contributed by atoms with E-state index in [-0.39, 0.29) is 5.60 Å². The molecule has 1 aromatic heterocycles. The number of rotatable bonds is 2. The van der Waals surface area contributed by atoms with Crippen LogP contribution in [0.1, 0.15) is 44.1 Å². The lowest BCUT2D eigenvalue weighted by atomic mass is 9.65. The second kappa shape index (κ2) is 4.10. The fraction of sp³-hybridized carbons (Fsp3) is 0.571. The van der Waals surface area contributed by atoms with Crippen LogP contribution in [0, 0.1) is 11.3 Å². The van der Waals surface area contributed by atoms with Crippen LogP contribution in [0.15, 0.2) is 12.3 Å². The number of aromatic nitrogens is 1. The van der Waals surface area contributed by atoms with Crippen molar-refractivity contribution in [2.75, 3.05) is 5.73 Å². The van der Waals surface area contributed by atoms with E-state index < -0.39 is 5.60 Å². The van der Waals surface area contributed by atoms with E-state index in [9.17, 15) is 5.11 Å². The van der Waals surface area contributed by atoms with Crippen LogP contribution in [0.25, 0.3) is 0 Å². The Morgan fingerprint density at radius 2 is 1.89 bits per heavy atom. The highest BCUT2D eigenvalue weighted by Gasteiger charge is 2.49. The van der Waals surface area contributed by atoms with Gasteiger partial charge in [0.05, 0.1) is 11.8 Å². The Morgan fingerprint density at radius 1 is 1.26 bits per heavy atom. The van der Waals surface area contributed by atoms with Gasteiger partial charge in [-0.2, -0.15) is 5.26 Å². The van der Waals surface area contributed by atoms with E-state index >= 15 is 0 Å². The van der Waals surface area contributed by atoms with Crippen LogP contribution < -0.4 is 10.5 Å². The van der Waals surface area contributed by atoms with E-state index in [4.69, 9.17) is 15.7 Å². The Bertz CT molecular complexity index is 526. The lowest BCUT2D eigenvalue weighted by Crippen LogP contribution is -2.52. The second-order valence-corrected chi connectivity index (χ2v) is 5.73. The van der Waals surface area contributed by atoms with E-state index in [0.717, 1.165) is 38.5 Å². The molecule has 0 amide bonds. The molecular formula is C14H17N3O2. The molecule has 0 atom stereocenters. The molecular weight excluding hydrogens is 242 g/mol. The highest BCUT2D eigenvalue weighted by molar-refractivity contribution is 5.48. The number of hydrogen-bond acceptors (Lipinski definition) is 5. The van der Waals surface area contributed by atoms with Gasteiger partial charge >= 0.3 is 0 Å². The first kappa shape index (κ1) is 12.2. The number of nitriles is 1. The third-order valence-corrected chi connectivity index (χ3v) is 4.47. The summed E-state index contributed by atoms with van der Waals surface area (Å²) >= 11 is 0. The van der Waals surface area contributed by atoms with Gasteiger partial charge in [-0.05, 0) is 38.5 Å². The quantitative estimate of drug-likeness (QED) is 0.844. The van der Waals surface area contributed by atoms with Gasteiger partial charge in [0, 0.05) is 6.07 Å². The van der Waals surface area contributed by atoms with Crippen molar-refractivity contribution in [2.24, 2.45) is 0 Å². The molecule has 3 aliphatic carbocycles. The molecule has 3 N–H and O–H groups in total. The average Bonchev–Trinajstić information content (AvgIpc) is 2.41. The van der Waals surface area contributed by atoms with Crippen LogP contribution in [-0.4, -0.2) is 21.3 Å². The lowest BCUT2D eigenvalue weighted by molar-refractivity contribution is -0.125. The predicted molar refractivity (Wildman–Crippen MR) is 69.4 cm³/mol. The molecule has 1 heterocycles. The number of ether oxygens (including phenoxy) is 1. The number of nitrogen functional groups attached to an aromatic ring is 1. The Balaban J connectivity index is 1.86. The van der Waals surface area contributed by atoms with Gasteiger partial charge in [0.15, 0.2) is 0 Å². The highest BCUT2D eigenvalue weighted by atomic mass is 16.5. The first-order valence-electron chi connectivity index (χ1n) is 6.61. The average molecular weight is 259 g/mol. The minimum atomic E-state index is -0.486. The summed E-state index contributed by atoms with van der Waals surface area (Å²) in [5, 5.41) is 19.3.